The topological polar surface area (TPSA) is 59.6 Å². The lowest BCUT2D eigenvalue weighted by molar-refractivity contribution is -0.120. The molecular formula is C17H27ClN2O3. The lowest BCUT2D eigenvalue weighted by atomic mass is 9.97. The quantitative estimate of drug-likeness (QED) is 0.747. The number of anilines is 1. The number of halogens is 1. The van der Waals surface area contributed by atoms with Crippen LogP contribution in [0.5, 0.6) is 11.5 Å². The molecule has 23 heavy (non-hydrogen) atoms. The number of nitrogens with one attached hydrogen (secondary N) is 2. The minimum atomic E-state index is 0. The number of ether oxygens (including phenoxy) is 2. The first-order chi connectivity index (χ1) is 10.7. The Balaban J connectivity index is 0.00000264. The van der Waals surface area contributed by atoms with Crippen molar-refractivity contribution in [2.24, 2.45) is 5.92 Å². The molecule has 1 aliphatic rings. The molecule has 0 spiro atoms. The van der Waals surface area contributed by atoms with Crippen molar-refractivity contribution in [3.05, 3.63) is 18.2 Å². The zero-order valence-electron chi connectivity index (χ0n) is 13.9. The van der Waals surface area contributed by atoms with Gasteiger partial charge in [0.05, 0.1) is 19.4 Å². The van der Waals surface area contributed by atoms with Crippen molar-refractivity contribution in [1.82, 2.24) is 5.32 Å². The number of carbonyl (C=O) groups excluding carboxylic acids is 1. The summed E-state index contributed by atoms with van der Waals surface area (Å²) in [7, 11) is 1.62. The second-order valence-electron chi connectivity index (χ2n) is 5.58. The average molecular weight is 343 g/mol. The molecule has 0 atom stereocenters. The molecule has 0 bridgehead atoms. The van der Waals surface area contributed by atoms with Crippen LogP contribution in [-0.4, -0.2) is 32.7 Å². The highest BCUT2D eigenvalue weighted by Gasteiger charge is 2.22. The molecule has 2 N–H and O–H groups in total. The maximum atomic E-state index is 12.4. The Bertz CT molecular complexity index is 491. The van der Waals surface area contributed by atoms with Gasteiger partial charge in [-0.25, -0.2) is 0 Å². The monoisotopic (exact) mass is 342 g/mol. The van der Waals surface area contributed by atoms with Gasteiger partial charge in [0.25, 0.3) is 0 Å². The summed E-state index contributed by atoms with van der Waals surface area (Å²) in [6.45, 7) is 4.57. The highest BCUT2D eigenvalue weighted by Crippen LogP contribution is 2.30. The lowest BCUT2D eigenvalue weighted by Gasteiger charge is -2.22. The molecule has 0 unspecified atom stereocenters. The van der Waals surface area contributed by atoms with E-state index in [9.17, 15) is 4.79 Å². The molecule has 2 rings (SSSR count). The highest BCUT2D eigenvalue weighted by molar-refractivity contribution is 5.94. The number of amides is 1. The molecule has 130 valence electrons. The number of piperidine rings is 1. The zero-order valence-corrected chi connectivity index (χ0v) is 14.7. The first-order valence-electron chi connectivity index (χ1n) is 8.07. The van der Waals surface area contributed by atoms with Gasteiger partial charge in [0.15, 0.2) is 0 Å². The molecule has 1 saturated heterocycles. The van der Waals surface area contributed by atoms with E-state index in [1.165, 1.54) is 0 Å². The summed E-state index contributed by atoms with van der Waals surface area (Å²) in [5.41, 5.74) is 0.694. The van der Waals surface area contributed by atoms with Gasteiger partial charge < -0.3 is 20.1 Å². The fraction of sp³-hybridized carbons (Fsp3) is 0.588. The summed E-state index contributed by atoms with van der Waals surface area (Å²) >= 11 is 0. The van der Waals surface area contributed by atoms with Crippen molar-refractivity contribution in [3.8, 4) is 11.5 Å². The highest BCUT2D eigenvalue weighted by atomic mass is 35.5. The molecule has 1 aliphatic heterocycles. The van der Waals surface area contributed by atoms with E-state index >= 15 is 0 Å². The Kier molecular flexibility index (Phi) is 8.81. The van der Waals surface area contributed by atoms with Gasteiger partial charge in [0.1, 0.15) is 11.5 Å². The van der Waals surface area contributed by atoms with Crippen LogP contribution >= 0.6 is 12.4 Å². The number of rotatable bonds is 7. The number of unbranched alkanes of at least 4 members (excludes halogenated alkanes) is 1. The molecule has 5 nitrogen and oxygen atoms in total. The Morgan fingerprint density at radius 3 is 2.74 bits per heavy atom. The SMILES string of the molecule is CCCCOc1ccc(OC)cc1NC(=O)C1CCNCC1.Cl. The molecule has 1 aromatic rings. The second-order valence-corrected chi connectivity index (χ2v) is 5.58. The summed E-state index contributed by atoms with van der Waals surface area (Å²) in [6.07, 6.45) is 3.82. The van der Waals surface area contributed by atoms with Crippen LogP contribution in [0.15, 0.2) is 18.2 Å². The third-order valence-electron chi connectivity index (χ3n) is 3.91. The predicted octanol–water partition coefficient (Wildman–Crippen LogP) is 3.23. The maximum absolute atomic E-state index is 12.4. The van der Waals surface area contributed by atoms with Crippen LogP contribution in [0.1, 0.15) is 32.6 Å². The van der Waals surface area contributed by atoms with E-state index in [-0.39, 0.29) is 24.2 Å². The van der Waals surface area contributed by atoms with Crippen molar-refractivity contribution >= 4 is 24.0 Å². The van der Waals surface area contributed by atoms with Crippen molar-refractivity contribution < 1.29 is 14.3 Å². The first kappa shape index (κ1) is 19.6. The molecule has 1 fully saturated rings. The normalized spacial score (nSPS) is 14.7. The smallest absolute Gasteiger partial charge is 0.227 e. The molecule has 0 aliphatic carbocycles. The van der Waals surface area contributed by atoms with E-state index in [0.29, 0.717) is 23.8 Å². The molecular weight excluding hydrogens is 316 g/mol. The van der Waals surface area contributed by atoms with Crippen molar-refractivity contribution in [3.63, 3.8) is 0 Å². The van der Waals surface area contributed by atoms with Gasteiger partial charge in [-0.3, -0.25) is 4.79 Å². The minimum Gasteiger partial charge on any atom is -0.497 e. The van der Waals surface area contributed by atoms with Crippen LogP contribution in [0, 0.1) is 5.92 Å². The van der Waals surface area contributed by atoms with Crippen LogP contribution in [0.2, 0.25) is 0 Å². The summed E-state index contributed by atoms with van der Waals surface area (Å²) < 4.78 is 11.0. The molecule has 1 amide bonds. The first-order valence-corrected chi connectivity index (χ1v) is 8.07. The van der Waals surface area contributed by atoms with Gasteiger partial charge in [-0.15, -0.1) is 12.4 Å². The van der Waals surface area contributed by atoms with Gasteiger partial charge in [0.2, 0.25) is 5.91 Å². The summed E-state index contributed by atoms with van der Waals surface area (Å²) in [6, 6.07) is 5.52. The van der Waals surface area contributed by atoms with E-state index < -0.39 is 0 Å². The fourth-order valence-corrected chi connectivity index (χ4v) is 2.50. The van der Waals surface area contributed by atoms with E-state index in [4.69, 9.17) is 9.47 Å². The van der Waals surface area contributed by atoms with Crippen LogP contribution in [0.25, 0.3) is 0 Å². The van der Waals surface area contributed by atoms with Gasteiger partial charge in [-0.05, 0) is 44.5 Å². The molecule has 1 aromatic carbocycles. The second kappa shape index (κ2) is 10.3. The molecule has 1 heterocycles. The van der Waals surface area contributed by atoms with Gasteiger partial charge >= 0.3 is 0 Å². The summed E-state index contributed by atoms with van der Waals surface area (Å²) in [5.74, 6) is 1.55. The fourth-order valence-electron chi connectivity index (χ4n) is 2.50. The molecule has 6 heteroatoms. The Morgan fingerprint density at radius 1 is 1.35 bits per heavy atom. The Hall–Kier alpha value is -1.46. The third kappa shape index (κ3) is 5.92. The molecule has 0 aromatic heterocycles. The van der Waals surface area contributed by atoms with Gasteiger partial charge in [-0.1, -0.05) is 13.3 Å². The Labute approximate surface area is 144 Å². The van der Waals surface area contributed by atoms with E-state index in [1.807, 2.05) is 18.2 Å². The van der Waals surface area contributed by atoms with Gasteiger partial charge in [0, 0.05) is 12.0 Å². The van der Waals surface area contributed by atoms with E-state index in [0.717, 1.165) is 38.8 Å². The van der Waals surface area contributed by atoms with Crippen molar-refractivity contribution in [2.75, 3.05) is 32.1 Å². The minimum absolute atomic E-state index is 0. The molecule has 0 saturated carbocycles. The standard InChI is InChI=1S/C17H26N2O3.ClH/c1-3-4-11-22-16-6-5-14(21-2)12-15(16)19-17(20)13-7-9-18-10-8-13;/h5-6,12-13,18H,3-4,7-11H2,1-2H3,(H,19,20);1H. The van der Waals surface area contributed by atoms with Crippen LogP contribution in [0.3, 0.4) is 0 Å². The third-order valence-corrected chi connectivity index (χ3v) is 3.91. The molecule has 0 radical (unpaired) electrons. The zero-order chi connectivity index (χ0) is 15.8. The summed E-state index contributed by atoms with van der Waals surface area (Å²) in [4.78, 5) is 12.4. The number of hydrogen-bond acceptors (Lipinski definition) is 4. The van der Waals surface area contributed by atoms with Crippen molar-refractivity contribution in [2.45, 2.75) is 32.6 Å². The van der Waals surface area contributed by atoms with Gasteiger partial charge in [-0.2, -0.15) is 0 Å². The number of hydrogen-bond donors (Lipinski definition) is 2. The van der Waals surface area contributed by atoms with E-state index in [2.05, 4.69) is 17.6 Å². The van der Waals surface area contributed by atoms with Crippen LogP contribution in [0.4, 0.5) is 5.69 Å². The van der Waals surface area contributed by atoms with Crippen LogP contribution < -0.4 is 20.1 Å². The number of carbonyl (C=O) groups is 1. The van der Waals surface area contributed by atoms with E-state index in [1.54, 1.807) is 7.11 Å². The van der Waals surface area contributed by atoms with Crippen molar-refractivity contribution in [1.29, 1.82) is 0 Å². The maximum Gasteiger partial charge on any atom is 0.227 e. The Morgan fingerprint density at radius 2 is 2.09 bits per heavy atom. The average Bonchev–Trinajstić information content (AvgIpc) is 2.57. The van der Waals surface area contributed by atoms with Crippen LogP contribution in [-0.2, 0) is 4.79 Å². The lowest BCUT2D eigenvalue weighted by Crippen LogP contribution is -2.34. The number of methoxy groups -OCH3 is 1. The summed E-state index contributed by atoms with van der Waals surface area (Å²) in [5, 5.41) is 6.28. The predicted molar refractivity (Wildman–Crippen MR) is 94.9 cm³/mol. The largest absolute Gasteiger partial charge is 0.497 e. The number of benzene rings is 1.